The Hall–Kier alpha value is -3.30. The molecular formula is C17H29N5O10. The largest absolute Gasteiger partial charge is 0.481 e. The fourth-order valence-electron chi connectivity index (χ4n) is 2.43. The van der Waals surface area contributed by atoms with Crippen LogP contribution in [-0.4, -0.2) is 93.4 Å². The van der Waals surface area contributed by atoms with Crippen LogP contribution in [0.25, 0.3) is 0 Å². The summed E-state index contributed by atoms with van der Waals surface area (Å²) in [5, 5.41) is 42.1. The number of hydrogen-bond acceptors (Lipinski definition) is 9. The van der Waals surface area contributed by atoms with Crippen molar-refractivity contribution in [1.29, 1.82) is 0 Å². The van der Waals surface area contributed by atoms with Crippen LogP contribution in [0.15, 0.2) is 0 Å². The zero-order valence-corrected chi connectivity index (χ0v) is 17.2. The van der Waals surface area contributed by atoms with E-state index in [1.807, 2.05) is 5.32 Å². The van der Waals surface area contributed by atoms with Crippen molar-refractivity contribution in [3.05, 3.63) is 0 Å². The number of nitrogens with two attached hydrogens (primary N) is 2. The van der Waals surface area contributed by atoms with Gasteiger partial charge in [-0.2, -0.15) is 0 Å². The molecule has 15 heteroatoms. The van der Waals surface area contributed by atoms with Gasteiger partial charge in [0.05, 0.1) is 25.5 Å². The van der Waals surface area contributed by atoms with Crippen LogP contribution in [0.5, 0.6) is 0 Å². The summed E-state index contributed by atoms with van der Waals surface area (Å²) in [5.74, 6) is -7.49. The molecule has 0 saturated heterocycles. The van der Waals surface area contributed by atoms with Crippen LogP contribution in [0, 0.1) is 0 Å². The van der Waals surface area contributed by atoms with E-state index in [-0.39, 0.29) is 6.42 Å². The maximum absolute atomic E-state index is 12.6. The van der Waals surface area contributed by atoms with Gasteiger partial charge in [0, 0.05) is 0 Å². The fourth-order valence-corrected chi connectivity index (χ4v) is 2.43. The third-order valence-electron chi connectivity index (χ3n) is 4.12. The highest BCUT2D eigenvalue weighted by Crippen LogP contribution is 2.04. The van der Waals surface area contributed by atoms with Gasteiger partial charge >= 0.3 is 17.9 Å². The molecule has 0 spiro atoms. The van der Waals surface area contributed by atoms with Gasteiger partial charge in [-0.1, -0.05) is 0 Å². The number of carbonyl (C=O) groups excluding carboxylic acids is 3. The SMILES string of the molecule is NCCCCC(NC(=O)C(N)CC(=O)O)C(=O)NC(CO)C(=O)NC(CC(=O)O)C(=O)O. The third kappa shape index (κ3) is 11.2. The summed E-state index contributed by atoms with van der Waals surface area (Å²) < 4.78 is 0. The molecule has 0 bridgehead atoms. The van der Waals surface area contributed by atoms with Crippen LogP contribution in [0.4, 0.5) is 0 Å². The molecule has 0 fully saturated rings. The van der Waals surface area contributed by atoms with E-state index in [1.165, 1.54) is 0 Å². The zero-order chi connectivity index (χ0) is 24.8. The predicted molar refractivity (Wildman–Crippen MR) is 106 cm³/mol. The Morgan fingerprint density at radius 3 is 1.69 bits per heavy atom. The molecule has 0 heterocycles. The van der Waals surface area contributed by atoms with Crippen LogP contribution in [0.1, 0.15) is 32.1 Å². The van der Waals surface area contributed by atoms with Crippen molar-refractivity contribution in [2.24, 2.45) is 11.5 Å². The Morgan fingerprint density at radius 1 is 0.719 bits per heavy atom. The number of hydrogen-bond donors (Lipinski definition) is 9. The van der Waals surface area contributed by atoms with Gasteiger partial charge in [-0.3, -0.25) is 24.0 Å². The molecule has 15 nitrogen and oxygen atoms in total. The van der Waals surface area contributed by atoms with E-state index in [9.17, 15) is 33.9 Å². The van der Waals surface area contributed by atoms with Gasteiger partial charge < -0.3 is 47.8 Å². The van der Waals surface area contributed by atoms with Crippen molar-refractivity contribution >= 4 is 35.6 Å². The lowest BCUT2D eigenvalue weighted by molar-refractivity contribution is -0.147. The molecule has 4 unspecified atom stereocenters. The average Bonchev–Trinajstić information content (AvgIpc) is 2.69. The lowest BCUT2D eigenvalue weighted by atomic mass is 10.1. The predicted octanol–water partition coefficient (Wildman–Crippen LogP) is -4.08. The second-order valence-electron chi connectivity index (χ2n) is 6.79. The van der Waals surface area contributed by atoms with E-state index in [0.717, 1.165) is 0 Å². The molecule has 32 heavy (non-hydrogen) atoms. The van der Waals surface area contributed by atoms with E-state index in [1.54, 1.807) is 0 Å². The minimum atomic E-state index is -1.81. The summed E-state index contributed by atoms with van der Waals surface area (Å²) in [6.45, 7) is -0.665. The Kier molecular flexibility index (Phi) is 13.1. The molecule has 0 aliphatic heterocycles. The molecule has 4 atom stereocenters. The summed E-state index contributed by atoms with van der Waals surface area (Å²) in [6.07, 6.45) is -0.721. The summed E-state index contributed by atoms with van der Waals surface area (Å²) in [6, 6.07) is -6.16. The molecule has 11 N–H and O–H groups in total. The molecular weight excluding hydrogens is 434 g/mol. The number of aliphatic carboxylic acids is 3. The minimum Gasteiger partial charge on any atom is -0.481 e. The number of amides is 3. The van der Waals surface area contributed by atoms with E-state index in [4.69, 9.17) is 26.8 Å². The van der Waals surface area contributed by atoms with Gasteiger partial charge in [-0.25, -0.2) is 4.79 Å². The highest BCUT2D eigenvalue weighted by Gasteiger charge is 2.31. The van der Waals surface area contributed by atoms with Crippen LogP contribution in [0.3, 0.4) is 0 Å². The second-order valence-corrected chi connectivity index (χ2v) is 6.79. The van der Waals surface area contributed by atoms with Gasteiger partial charge in [0.2, 0.25) is 17.7 Å². The van der Waals surface area contributed by atoms with Gasteiger partial charge in [-0.05, 0) is 25.8 Å². The maximum atomic E-state index is 12.6. The molecule has 3 amide bonds. The monoisotopic (exact) mass is 463 g/mol. The summed E-state index contributed by atoms with van der Waals surface area (Å²) in [5.41, 5.74) is 10.9. The number of carbonyl (C=O) groups is 6. The highest BCUT2D eigenvalue weighted by molar-refractivity contribution is 5.95. The first kappa shape index (κ1) is 28.7. The van der Waals surface area contributed by atoms with E-state index in [2.05, 4.69) is 10.6 Å². The molecule has 0 saturated carbocycles. The first-order valence-corrected chi connectivity index (χ1v) is 9.56. The average molecular weight is 463 g/mol. The van der Waals surface area contributed by atoms with Gasteiger partial charge in [0.25, 0.3) is 0 Å². The van der Waals surface area contributed by atoms with Gasteiger partial charge in [0.15, 0.2) is 0 Å². The quantitative estimate of drug-likeness (QED) is 0.0988. The Labute approximate surface area is 182 Å². The van der Waals surface area contributed by atoms with Crippen LogP contribution in [-0.2, 0) is 28.8 Å². The van der Waals surface area contributed by atoms with Crippen LogP contribution in [0.2, 0.25) is 0 Å². The number of carboxylic acids is 3. The Balaban J connectivity index is 5.27. The smallest absolute Gasteiger partial charge is 0.326 e. The number of carboxylic acid groups (broad SMARTS) is 3. The topological polar surface area (TPSA) is 271 Å². The molecule has 182 valence electrons. The van der Waals surface area contributed by atoms with Crippen LogP contribution >= 0.6 is 0 Å². The second kappa shape index (κ2) is 14.7. The van der Waals surface area contributed by atoms with Gasteiger partial charge in [-0.15, -0.1) is 0 Å². The first-order valence-electron chi connectivity index (χ1n) is 9.56. The van der Waals surface area contributed by atoms with Gasteiger partial charge in [0.1, 0.15) is 18.1 Å². The van der Waals surface area contributed by atoms with E-state index in [0.29, 0.717) is 19.4 Å². The summed E-state index contributed by atoms with van der Waals surface area (Å²) >= 11 is 0. The summed E-state index contributed by atoms with van der Waals surface area (Å²) in [4.78, 5) is 69.4. The van der Waals surface area contributed by atoms with Crippen molar-refractivity contribution < 1.29 is 49.2 Å². The van der Waals surface area contributed by atoms with Crippen molar-refractivity contribution in [2.45, 2.75) is 56.3 Å². The molecule has 0 aromatic rings. The van der Waals surface area contributed by atoms with E-state index < -0.39 is 79.2 Å². The fraction of sp³-hybridized carbons (Fsp3) is 0.647. The third-order valence-corrected chi connectivity index (χ3v) is 4.12. The first-order chi connectivity index (χ1) is 14.9. The Bertz CT molecular complexity index is 701. The number of aliphatic hydroxyl groups excluding tert-OH is 1. The lowest BCUT2D eigenvalue weighted by Gasteiger charge is -2.24. The van der Waals surface area contributed by atoms with Crippen molar-refractivity contribution in [3.8, 4) is 0 Å². The number of rotatable bonds is 16. The van der Waals surface area contributed by atoms with Crippen molar-refractivity contribution in [3.63, 3.8) is 0 Å². The zero-order valence-electron chi connectivity index (χ0n) is 17.2. The van der Waals surface area contributed by atoms with E-state index >= 15 is 0 Å². The molecule has 0 aromatic carbocycles. The summed E-state index contributed by atoms with van der Waals surface area (Å²) in [7, 11) is 0. The van der Waals surface area contributed by atoms with Crippen molar-refractivity contribution in [2.75, 3.05) is 13.2 Å². The molecule has 0 aromatic heterocycles. The van der Waals surface area contributed by atoms with Crippen LogP contribution < -0.4 is 27.4 Å². The normalized spacial score (nSPS) is 14.3. The van der Waals surface area contributed by atoms with Crippen molar-refractivity contribution in [1.82, 2.24) is 16.0 Å². The molecule has 0 radical (unpaired) electrons. The number of aliphatic hydroxyl groups is 1. The number of unbranched alkanes of at least 4 members (excludes halogenated alkanes) is 1. The highest BCUT2D eigenvalue weighted by atomic mass is 16.4. The molecule has 0 aliphatic rings. The standard InChI is InChI=1S/C17H29N5O10/c18-4-2-1-3-9(20-14(28)8(19)5-12(24)25)15(29)22-11(7-23)16(30)21-10(17(31)32)6-13(26)27/h8-11,23H,1-7,18-19H2,(H,20,28)(H,21,30)(H,22,29)(H,24,25)(H,26,27)(H,31,32). The number of nitrogens with one attached hydrogen (secondary N) is 3. The Morgan fingerprint density at radius 2 is 1.22 bits per heavy atom. The lowest BCUT2D eigenvalue weighted by Crippen LogP contribution is -2.58. The minimum absolute atomic E-state index is 0.0467. The molecule has 0 rings (SSSR count). The maximum Gasteiger partial charge on any atom is 0.326 e. The molecule has 0 aliphatic carbocycles.